The van der Waals surface area contributed by atoms with Gasteiger partial charge in [-0.25, -0.2) is 13.1 Å². The summed E-state index contributed by atoms with van der Waals surface area (Å²) in [6.07, 6.45) is 11.6. The molecule has 1 aromatic carbocycles. The molecule has 0 saturated carbocycles. The summed E-state index contributed by atoms with van der Waals surface area (Å²) in [4.78, 5) is 0.212. The van der Waals surface area contributed by atoms with Crippen molar-refractivity contribution in [3.63, 3.8) is 0 Å². The van der Waals surface area contributed by atoms with Crippen LogP contribution in [0.25, 0.3) is 5.82 Å². The molecular formula is C26H33BClN5O4S. The molecule has 1 saturated heterocycles. The Morgan fingerprint density at radius 2 is 1.97 bits per heavy atom. The predicted molar refractivity (Wildman–Crippen MR) is 152 cm³/mol. The van der Waals surface area contributed by atoms with E-state index < -0.39 is 10.0 Å². The van der Waals surface area contributed by atoms with Gasteiger partial charge in [0.2, 0.25) is 10.0 Å². The highest BCUT2D eigenvalue weighted by molar-refractivity contribution is 7.89. The molecule has 1 unspecified atom stereocenters. The zero-order chi connectivity index (χ0) is 26.9. The zero-order valence-corrected chi connectivity index (χ0v) is 23.5. The molecule has 9 nitrogen and oxygen atoms in total. The van der Waals surface area contributed by atoms with Gasteiger partial charge in [0, 0.05) is 36.9 Å². The van der Waals surface area contributed by atoms with Gasteiger partial charge in [-0.2, -0.15) is 9.40 Å². The van der Waals surface area contributed by atoms with E-state index in [-0.39, 0.29) is 10.9 Å². The van der Waals surface area contributed by atoms with Gasteiger partial charge in [0.1, 0.15) is 19.5 Å². The molecule has 0 amide bonds. The maximum Gasteiger partial charge on any atom is 0.243 e. The zero-order valence-electron chi connectivity index (χ0n) is 21.9. The second-order valence-electron chi connectivity index (χ2n) is 9.81. The molecule has 202 valence electrons. The van der Waals surface area contributed by atoms with E-state index in [2.05, 4.69) is 34.0 Å². The van der Waals surface area contributed by atoms with E-state index in [1.165, 1.54) is 20.3 Å². The molecule has 1 aliphatic carbocycles. The van der Waals surface area contributed by atoms with Crippen LogP contribution in [-0.2, 0) is 10.0 Å². The van der Waals surface area contributed by atoms with Crippen LogP contribution in [0, 0.1) is 5.92 Å². The molecule has 38 heavy (non-hydrogen) atoms. The normalized spacial score (nSPS) is 20.5. The van der Waals surface area contributed by atoms with Gasteiger partial charge in [-0.05, 0) is 60.8 Å². The molecule has 0 bridgehead atoms. The number of ether oxygens (including phenoxy) is 2. The number of fused-ring (bicyclic) bond motifs is 1. The summed E-state index contributed by atoms with van der Waals surface area (Å²) in [6.45, 7) is 1.65. The Hall–Kier alpha value is -2.89. The fourth-order valence-electron chi connectivity index (χ4n) is 5.16. The minimum absolute atomic E-state index is 0.0436. The highest BCUT2D eigenvalue weighted by atomic mass is 35.5. The molecule has 1 aromatic heterocycles. The van der Waals surface area contributed by atoms with Gasteiger partial charge in [0.15, 0.2) is 11.5 Å². The molecular weight excluding hydrogens is 525 g/mol. The maximum atomic E-state index is 13.3. The summed E-state index contributed by atoms with van der Waals surface area (Å²) in [5, 5.41) is 12.6. The van der Waals surface area contributed by atoms with Crippen LogP contribution in [0.3, 0.4) is 0 Å². The van der Waals surface area contributed by atoms with Crippen molar-refractivity contribution in [2.45, 2.75) is 36.6 Å². The monoisotopic (exact) mass is 557 g/mol. The van der Waals surface area contributed by atoms with E-state index in [9.17, 15) is 8.42 Å². The van der Waals surface area contributed by atoms with Crippen molar-refractivity contribution < 1.29 is 17.9 Å². The maximum absolute atomic E-state index is 13.3. The number of benzene rings is 1. The minimum atomic E-state index is -3.62. The van der Waals surface area contributed by atoms with Gasteiger partial charge < -0.3 is 20.1 Å². The van der Waals surface area contributed by atoms with E-state index in [1.54, 1.807) is 16.4 Å². The van der Waals surface area contributed by atoms with Crippen LogP contribution in [0.15, 0.2) is 58.1 Å². The first kappa shape index (κ1) is 26.7. The first-order valence-corrected chi connectivity index (χ1v) is 14.7. The summed E-state index contributed by atoms with van der Waals surface area (Å²) >= 11 is 6.58. The Bertz CT molecular complexity index is 1400. The number of allylic oxidation sites excluding steroid dienone is 2. The highest BCUT2D eigenvalue weighted by Gasteiger charge is 2.31. The number of anilines is 1. The number of nitrogens with zero attached hydrogens (tertiary/aromatic N) is 3. The van der Waals surface area contributed by atoms with Gasteiger partial charge in [-0.3, -0.25) is 0 Å². The molecule has 5 rings (SSSR count). The van der Waals surface area contributed by atoms with Crippen molar-refractivity contribution in [3.05, 3.63) is 53.2 Å². The Morgan fingerprint density at radius 1 is 1.21 bits per heavy atom. The summed E-state index contributed by atoms with van der Waals surface area (Å²) < 4.78 is 40.6. The van der Waals surface area contributed by atoms with Crippen LogP contribution in [-0.4, -0.2) is 70.2 Å². The Balaban J connectivity index is 1.25. The lowest BCUT2D eigenvalue weighted by atomic mass is 9.95. The van der Waals surface area contributed by atoms with Crippen molar-refractivity contribution in [3.8, 4) is 11.5 Å². The molecule has 3 heterocycles. The number of halogens is 1. The minimum Gasteiger partial charge on any atom is -0.493 e. The second-order valence-corrected chi connectivity index (χ2v) is 12.2. The molecule has 1 fully saturated rings. The third-order valence-corrected chi connectivity index (χ3v) is 9.71. The molecule has 0 spiro atoms. The second kappa shape index (κ2) is 11.1. The number of nitrogens with one attached hydrogen (secondary N) is 2. The average Bonchev–Trinajstić information content (AvgIpc) is 3.32. The fraction of sp³-hybridized carbons (Fsp3) is 0.423. The van der Waals surface area contributed by atoms with Crippen LogP contribution < -0.4 is 25.6 Å². The molecule has 3 aliphatic rings. The third-order valence-electron chi connectivity index (χ3n) is 7.41. The molecule has 2 aromatic rings. The average molecular weight is 558 g/mol. The van der Waals surface area contributed by atoms with Crippen molar-refractivity contribution in [2.24, 2.45) is 5.92 Å². The van der Waals surface area contributed by atoms with E-state index >= 15 is 0 Å². The van der Waals surface area contributed by atoms with E-state index in [1.807, 2.05) is 18.7 Å². The predicted octanol–water partition coefficient (Wildman–Crippen LogP) is 2.28. The first-order valence-electron chi connectivity index (χ1n) is 12.9. The van der Waals surface area contributed by atoms with Crippen LogP contribution >= 0.6 is 11.6 Å². The van der Waals surface area contributed by atoms with E-state index in [4.69, 9.17) is 21.1 Å². The summed E-state index contributed by atoms with van der Waals surface area (Å²) in [7, 11) is 1.44. The number of rotatable bonds is 8. The third kappa shape index (κ3) is 5.19. The molecule has 0 radical (unpaired) electrons. The van der Waals surface area contributed by atoms with Crippen LogP contribution in [0.5, 0.6) is 11.5 Å². The van der Waals surface area contributed by atoms with Gasteiger partial charge in [0.05, 0.1) is 25.2 Å². The summed E-state index contributed by atoms with van der Waals surface area (Å²) in [5.74, 6) is 3.09. The van der Waals surface area contributed by atoms with Crippen molar-refractivity contribution >= 4 is 46.6 Å². The first-order chi connectivity index (χ1) is 18.3. The topological polar surface area (TPSA) is 97.7 Å². The van der Waals surface area contributed by atoms with Crippen LogP contribution in [0.4, 0.5) is 5.82 Å². The van der Waals surface area contributed by atoms with Crippen LogP contribution in [0.2, 0.25) is 0 Å². The van der Waals surface area contributed by atoms with Crippen molar-refractivity contribution in [1.82, 2.24) is 19.4 Å². The number of sulfonamides is 1. The molecule has 2 aliphatic heterocycles. The number of aromatic nitrogens is 2. The fourth-order valence-corrected chi connectivity index (χ4v) is 6.94. The lowest BCUT2D eigenvalue weighted by Crippen LogP contribution is -2.41. The van der Waals surface area contributed by atoms with E-state index in [0.717, 1.165) is 59.9 Å². The molecule has 1 atom stereocenters. The largest absolute Gasteiger partial charge is 0.493 e. The van der Waals surface area contributed by atoms with Crippen molar-refractivity contribution in [2.75, 3.05) is 39.2 Å². The SMILES string of the molecule is Bc1cnn2c1NC(C1=C(Cl)CCC=C1)C=C2NCC1CCN(S(=O)(=O)c2ccc(OC)c(OC)c2)CC1. The van der Waals surface area contributed by atoms with Crippen molar-refractivity contribution in [1.29, 1.82) is 0 Å². The number of hydrogen-bond donors (Lipinski definition) is 2. The highest BCUT2D eigenvalue weighted by Crippen LogP contribution is 2.33. The number of hydrogen-bond acceptors (Lipinski definition) is 7. The smallest absolute Gasteiger partial charge is 0.243 e. The van der Waals surface area contributed by atoms with Gasteiger partial charge in [-0.1, -0.05) is 23.8 Å². The lowest BCUT2D eigenvalue weighted by Gasteiger charge is -2.33. The number of methoxy groups -OCH3 is 2. The quantitative estimate of drug-likeness (QED) is 0.481. The van der Waals surface area contributed by atoms with Gasteiger partial charge >= 0.3 is 0 Å². The number of piperidine rings is 1. The summed E-state index contributed by atoms with van der Waals surface area (Å²) in [5.41, 5.74) is 2.14. The Labute approximate surface area is 230 Å². The standard InChI is InChI=1S/C26H33BClN5O4S/c1-36-23-8-7-18(13-24(23)37-2)38(34,35)32-11-9-17(10-12-32)15-29-25-14-22(19-5-3-4-6-21(19)28)31-26-20(27)16-30-33(25)26/h3,5,7-8,13-14,16-17,22,29,31H,4,6,9-12,15,27H2,1-2H3. The molecule has 2 N–H and O–H groups in total. The van der Waals surface area contributed by atoms with E-state index in [0.29, 0.717) is 30.5 Å². The van der Waals surface area contributed by atoms with Gasteiger partial charge in [0.25, 0.3) is 0 Å². The Kier molecular flexibility index (Phi) is 7.79. The van der Waals surface area contributed by atoms with Gasteiger partial charge in [-0.15, -0.1) is 0 Å². The lowest BCUT2D eigenvalue weighted by molar-refractivity contribution is 0.272. The van der Waals surface area contributed by atoms with Crippen LogP contribution in [0.1, 0.15) is 25.7 Å². The Morgan fingerprint density at radius 3 is 2.68 bits per heavy atom. The molecule has 12 heteroatoms. The summed E-state index contributed by atoms with van der Waals surface area (Å²) in [6, 6.07) is 4.67.